The standard InChI is InChI=1S/C19H23N3O/c1-4-5-12-20-19-21-17-11-10-16(23-3)13-18(17)22(19)15-8-6-14(2)7-9-15/h6-11,13H,4-5,12H2,1-3H3,(H,20,21). The molecule has 1 heterocycles. The molecule has 0 aliphatic carbocycles. The zero-order valence-corrected chi connectivity index (χ0v) is 14.0. The van der Waals surface area contributed by atoms with Gasteiger partial charge in [-0.1, -0.05) is 31.0 Å². The van der Waals surface area contributed by atoms with E-state index >= 15 is 0 Å². The number of anilines is 1. The minimum absolute atomic E-state index is 0.839. The molecule has 4 heteroatoms. The Kier molecular flexibility index (Phi) is 4.51. The summed E-state index contributed by atoms with van der Waals surface area (Å²) in [5.41, 5.74) is 4.36. The average Bonchev–Trinajstić information content (AvgIpc) is 2.93. The van der Waals surface area contributed by atoms with Gasteiger partial charge in [0, 0.05) is 18.3 Å². The molecule has 3 aromatic rings. The Morgan fingerprint density at radius 2 is 1.91 bits per heavy atom. The van der Waals surface area contributed by atoms with E-state index in [0.29, 0.717) is 0 Å². The molecule has 23 heavy (non-hydrogen) atoms. The van der Waals surface area contributed by atoms with Crippen LogP contribution in [0.4, 0.5) is 5.95 Å². The summed E-state index contributed by atoms with van der Waals surface area (Å²) in [5.74, 6) is 1.72. The first-order valence-corrected chi connectivity index (χ1v) is 8.10. The van der Waals surface area contributed by atoms with Crippen molar-refractivity contribution in [2.24, 2.45) is 0 Å². The molecule has 3 rings (SSSR count). The van der Waals surface area contributed by atoms with Crippen LogP contribution in [0.1, 0.15) is 25.3 Å². The van der Waals surface area contributed by atoms with E-state index in [1.54, 1.807) is 7.11 Å². The van der Waals surface area contributed by atoms with Crippen molar-refractivity contribution in [3.8, 4) is 11.4 Å². The summed E-state index contributed by atoms with van der Waals surface area (Å²) >= 11 is 0. The van der Waals surface area contributed by atoms with Crippen molar-refractivity contribution in [1.82, 2.24) is 9.55 Å². The number of imidazole rings is 1. The molecule has 0 radical (unpaired) electrons. The average molecular weight is 309 g/mol. The van der Waals surface area contributed by atoms with Gasteiger partial charge in [0.05, 0.1) is 18.1 Å². The second-order valence-corrected chi connectivity index (χ2v) is 5.74. The first-order chi connectivity index (χ1) is 11.2. The number of fused-ring (bicyclic) bond motifs is 1. The number of rotatable bonds is 6. The Labute approximate surface area is 137 Å². The van der Waals surface area contributed by atoms with Crippen molar-refractivity contribution < 1.29 is 4.74 Å². The third kappa shape index (κ3) is 3.16. The van der Waals surface area contributed by atoms with E-state index in [9.17, 15) is 0 Å². The second-order valence-electron chi connectivity index (χ2n) is 5.74. The molecule has 0 spiro atoms. The Balaban J connectivity index is 2.12. The molecule has 0 saturated heterocycles. The number of methoxy groups -OCH3 is 1. The van der Waals surface area contributed by atoms with Gasteiger partial charge in [-0.25, -0.2) is 4.98 Å². The Bertz CT molecular complexity index is 790. The van der Waals surface area contributed by atoms with Crippen LogP contribution in [0.3, 0.4) is 0 Å². The molecule has 4 nitrogen and oxygen atoms in total. The number of unbranched alkanes of at least 4 members (excludes halogenated alkanes) is 1. The van der Waals surface area contributed by atoms with Gasteiger partial charge in [-0.2, -0.15) is 0 Å². The van der Waals surface area contributed by atoms with Crippen molar-refractivity contribution in [2.45, 2.75) is 26.7 Å². The van der Waals surface area contributed by atoms with Crippen LogP contribution in [0.25, 0.3) is 16.7 Å². The van der Waals surface area contributed by atoms with Crippen molar-refractivity contribution >= 4 is 17.0 Å². The fourth-order valence-electron chi connectivity index (χ4n) is 2.63. The summed E-state index contributed by atoms with van der Waals surface area (Å²) in [6.45, 7) is 5.21. The van der Waals surface area contributed by atoms with Crippen LogP contribution >= 0.6 is 0 Å². The van der Waals surface area contributed by atoms with E-state index in [4.69, 9.17) is 9.72 Å². The number of nitrogens with one attached hydrogen (secondary N) is 1. The largest absolute Gasteiger partial charge is 0.497 e. The molecule has 0 unspecified atom stereocenters. The molecule has 2 aromatic carbocycles. The van der Waals surface area contributed by atoms with Crippen molar-refractivity contribution in [2.75, 3.05) is 19.0 Å². The molecular formula is C19H23N3O. The molecule has 1 aromatic heterocycles. The predicted molar refractivity (Wildman–Crippen MR) is 95.8 cm³/mol. The predicted octanol–water partition coefficient (Wildman–Crippen LogP) is 4.55. The summed E-state index contributed by atoms with van der Waals surface area (Å²) in [6, 6.07) is 14.5. The van der Waals surface area contributed by atoms with E-state index in [0.717, 1.165) is 47.8 Å². The fourth-order valence-corrected chi connectivity index (χ4v) is 2.63. The van der Waals surface area contributed by atoms with Gasteiger partial charge >= 0.3 is 0 Å². The number of aromatic nitrogens is 2. The molecule has 0 saturated carbocycles. The number of benzene rings is 2. The first kappa shape index (κ1) is 15.4. The number of hydrogen-bond donors (Lipinski definition) is 1. The normalized spacial score (nSPS) is 10.9. The van der Waals surface area contributed by atoms with Gasteiger partial charge in [-0.15, -0.1) is 0 Å². The molecule has 0 amide bonds. The van der Waals surface area contributed by atoms with Gasteiger partial charge in [0.1, 0.15) is 5.75 Å². The number of ether oxygens (including phenoxy) is 1. The molecule has 0 aliphatic heterocycles. The highest BCUT2D eigenvalue weighted by Crippen LogP contribution is 2.28. The molecule has 0 bridgehead atoms. The van der Waals surface area contributed by atoms with E-state index in [2.05, 4.69) is 48.0 Å². The van der Waals surface area contributed by atoms with Crippen LogP contribution in [0.5, 0.6) is 5.75 Å². The fraction of sp³-hybridized carbons (Fsp3) is 0.316. The number of hydrogen-bond acceptors (Lipinski definition) is 3. The molecular weight excluding hydrogens is 286 g/mol. The molecule has 0 fully saturated rings. The maximum Gasteiger partial charge on any atom is 0.208 e. The third-order valence-corrected chi connectivity index (χ3v) is 3.97. The zero-order chi connectivity index (χ0) is 16.2. The van der Waals surface area contributed by atoms with Gasteiger partial charge in [0.15, 0.2) is 0 Å². The molecule has 120 valence electrons. The molecule has 0 aliphatic rings. The summed E-state index contributed by atoms with van der Waals surface area (Å²) in [5, 5.41) is 3.47. The Morgan fingerprint density at radius 3 is 2.61 bits per heavy atom. The van der Waals surface area contributed by atoms with Gasteiger partial charge in [-0.05, 0) is 37.6 Å². The van der Waals surface area contributed by atoms with Crippen LogP contribution < -0.4 is 10.1 Å². The maximum atomic E-state index is 5.38. The van der Waals surface area contributed by atoms with E-state index < -0.39 is 0 Å². The highest BCUT2D eigenvalue weighted by atomic mass is 16.5. The van der Waals surface area contributed by atoms with Crippen LogP contribution in [-0.4, -0.2) is 23.2 Å². The monoisotopic (exact) mass is 309 g/mol. The maximum absolute atomic E-state index is 5.38. The topological polar surface area (TPSA) is 39.1 Å². The van der Waals surface area contributed by atoms with Crippen LogP contribution in [0, 0.1) is 6.92 Å². The number of aryl methyl sites for hydroxylation is 1. The lowest BCUT2D eigenvalue weighted by Crippen LogP contribution is -2.07. The summed E-state index contributed by atoms with van der Waals surface area (Å²) in [4.78, 5) is 4.75. The Morgan fingerprint density at radius 1 is 1.13 bits per heavy atom. The Hall–Kier alpha value is -2.49. The summed E-state index contributed by atoms with van der Waals surface area (Å²) in [7, 11) is 1.69. The quantitative estimate of drug-likeness (QED) is 0.679. The minimum Gasteiger partial charge on any atom is -0.497 e. The highest BCUT2D eigenvalue weighted by molar-refractivity contribution is 5.82. The third-order valence-electron chi connectivity index (χ3n) is 3.97. The zero-order valence-electron chi connectivity index (χ0n) is 14.0. The smallest absolute Gasteiger partial charge is 0.208 e. The first-order valence-electron chi connectivity index (χ1n) is 8.10. The van der Waals surface area contributed by atoms with Crippen LogP contribution in [0.15, 0.2) is 42.5 Å². The van der Waals surface area contributed by atoms with Gasteiger partial charge < -0.3 is 10.1 Å². The summed E-state index contributed by atoms with van der Waals surface area (Å²) < 4.78 is 7.54. The number of nitrogens with zero attached hydrogens (tertiary/aromatic N) is 2. The van der Waals surface area contributed by atoms with Crippen LogP contribution in [-0.2, 0) is 0 Å². The van der Waals surface area contributed by atoms with Crippen LogP contribution in [0.2, 0.25) is 0 Å². The van der Waals surface area contributed by atoms with E-state index in [1.165, 1.54) is 5.56 Å². The lowest BCUT2D eigenvalue weighted by Gasteiger charge is -2.11. The SMILES string of the molecule is CCCCNc1nc2ccc(OC)cc2n1-c1ccc(C)cc1. The second kappa shape index (κ2) is 6.73. The lowest BCUT2D eigenvalue weighted by molar-refractivity contribution is 0.415. The molecule has 1 N–H and O–H groups in total. The van der Waals surface area contributed by atoms with E-state index in [-0.39, 0.29) is 0 Å². The van der Waals surface area contributed by atoms with Crippen molar-refractivity contribution in [3.05, 3.63) is 48.0 Å². The summed E-state index contributed by atoms with van der Waals surface area (Å²) in [6.07, 6.45) is 2.28. The van der Waals surface area contributed by atoms with Crippen molar-refractivity contribution in [1.29, 1.82) is 0 Å². The highest BCUT2D eigenvalue weighted by Gasteiger charge is 2.13. The van der Waals surface area contributed by atoms with Gasteiger partial charge in [-0.3, -0.25) is 4.57 Å². The minimum atomic E-state index is 0.839. The van der Waals surface area contributed by atoms with Crippen molar-refractivity contribution in [3.63, 3.8) is 0 Å². The van der Waals surface area contributed by atoms with Gasteiger partial charge in [0.25, 0.3) is 0 Å². The molecule has 0 atom stereocenters. The van der Waals surface area contributed by atoms with E-state index in [1.807, 2.05) is 18.2 Å². The van der Waals surface area contributed by atoms with Gasteiger partial charge in [0.2, 0.25) is 5.95 Å². The lowest BCUT2D eigenvalue weighted by atomic mass is 10.2.